The number of fused-ring (bicyclic) bond motifs is 1. The molecule has 0 saturated carbocycles. The van der Waals surface area contributed by atoms with Crippen molar-refractivity contribution in [2.45, 2.75) is 25.0 Å². The minimum atomic E-state index is -4.76. The van der Waals surface area contributed by atoms with E-state index in [1.807, 2.05) is 0 Å². The fourth-order valence-corrected chi connectivity index (χ4v) is 4.15. The van der Waals surface area contributed by atoms with E-state index in [-0.39, 0.29) is 36.4 Å². The molecule has 0 bridgehead atoms. The second-order valence-electron chi connectivity index (χ2n) is 6.30. The van der Waals surface area contributed by atoms with Crippen molar-refractivity contribution in [3.8, 4) is 5.75 Å². The fourth-order valence-electron chi connectivity index (χ4n) is 2.99. The van der Waals surface area contributed by atoms with Crippen molar-refractivity contribution >= 4 is 35.9 Å². The monoisotopic (exact) mass is 449 g/mol. The SMILES string of the molecule is CNC(=O)C1=CN(Cc2ccc(OC(F)(F)F)cc2)C2C(=O)[C@@H](N)CSC2=C1.Cl. The zero-order valence-electron chi connectivity index (χ0n) is 15.2. The maximum absolute atomic E-state index is 12.6. The maximum Gasteiger partial charge on any atom is 0.573 e. The van der Waals surface area contributed by atoms with Crippen molar-refractivity contribution < 1.29 is 27.5 Å². The average molecular weight is 450 g/mol. The summed E-state index contributed by atoms with van der Waals surface area (Å²) in [5, 5.41) is 2.54. The Morgan fingerprint density at radius 1 is 1.34 bits per heavy atom. The summed E-state index contributed by atoms with van der Waals surface area (Å²) in [5.74, 6) is -0.357. The van der Waals surface area contributed by atoms with Crippen molar-refractivity contribution in [3.05, 3.63) is 52.6 Å². The first kappa shape index (κ1) is 23.1. The van der Waals surface area contributed by atoms with Gasteiger partial charge in [0, 0.05) is 30.5 Å². The Kier molecular flexibility index (Phi) is 7.25. The van der Waals surface area contributed by atoms with E-state index in [4.69, 9.17) is 5.73 Å². The molecule has 1 amide bonds. The molecular formula is C18H19ClF3N3O3S. The zero-order valence-corrected chi connectivity index (χ0v) is 16.9. The molecule has 2 heterocycles. The van der Waals surface area contributed by atoms with Gasteiger partial charge in [-0.3, -0.25) is 9.59 Å². The van der Waals surface area contributed by atoms with Crippen LogP contribution < -0.4 is 15.8 Å². The van der Waals surface area contributed by atoms with Crippen molar-refractivity contribution in [1.82, 2.24) is 10.2 Å². The molecule has 0 aliphatic carbocycles. The van der Waals surface area contributed by atoms with Crippen LogP contribution in [0.15, 0.2) is 47.0 Å². The Morgan fingerprint density at radius 3 is 2.59 bits per heavy atom. The normalized spacial score (nSPS) is 21.4. The number of nitrogens with one attached hydrogen (secondary N) is 1. The first-order chi connectivity index (χ1) is 13.2. The summed E-state index contributed by atoms with van der Waals surface area (Å²) >= 11 is 1.42. The van der Waals surface area contributed by atoms with E-state index in [1.165, 1.54) is 43.1 Å². The standard InChI is InChI=1S/C18H18F3N3O3S.ClH/c1-23-17(26)11-6-14-15(16(25)13(22)9-28-14)24(8-11)7-10-2-4-12(5-3-10)27-18(19,20)21;/h2-6,8,13,15H,7,9,22H2,1H3,(H,23,26);1H/t13-,15?;/m0./s1. The van der Waals surface area contributed by atoms with E-state index >= 15 is 0 Å². The number of halogens is 4. The largest absolute Gasteiger partial charge is 0.573 e. The molecule has 11 heteroatoms. The highest BCUT2D eigenvalue weighted by atomic mass is 35.5. The highest BCUT2D eigenvalue weighted by Crippen LogP contribution is 2.36. The van der Waals surface area contributed by atoms with Gasteiger partial charge in [-0.05, 0) is 23.8 Å². The number of hydrogen-bond donors (Lipinski definition) is 2. The van der Waals surface area contributed by atoms with Gasteiger partial charge in [0.15, 0.2) is 5.78 Å². The lowest BCUT2D eigenvalue weighted by molar-refractivity contribution is -0.274. The van der Waals surface area contributed by atoms with Gasteiger partial charge >= 0.3 is 6.36 Å². The minimum absolute atomic E-state index is 0. The molecule has 0 aromatic heterocycles. The predicted octanol–water partition coefficient (Wildman–Crippen LogP) is 2.35. The fraction of sp³-hybridized carbons (Fsp3) is 0.333. The van der Waals surface area contributed by atoms with Crippen LogP contribution in [0.25, 0.3) is 0 Å². The third kappa shape index (κ3) is 5.46. The van der Waals surface area contributed by atoms with E-state index in [2.05, 4.69) is 10.1 Å². The summed E-state index contributed by atoms with van der Waals surface area (Å²) in [5.41, 5.74) is 6.94. The van der Waals surface area contributed by atoms with Crippen LogP contribution in [0.2, 0.25) is 0 Å². The van der Waals surface area contributed by atoms with Gasteiger partial charge < -0.3 is 20.7 Å². The second-order valence-corrected chi connectivity index (χ2v) is 7.39. The molecule has 0 spiro atoms. The van der Waals surface area contributed by atoms with Crippen LogP contribution in [0, 0.1) is 0 Å². The predicted molar refractivity (Wildman–Crippen MR) is 105 cm³/mol. The minimum Gasteiger partial charge on any atom is -0.406 e. The van der Waals surface area contributed by atoms with E-state index in [9.17, 15) is 22.8 Å². The van der Waals surface area contributed by atoms with Crippen molar-refractivity contribution in [2.75, 3.05) is 12.8 Å². The van der Waals surface area contributed by atoms with Crippen LogP contribution in [-0.2, 0) is 16.1 Å². The van der Waals surface area contributed by atoms with E-state index in [0.29, 0.717) is 16.9 Å². The van der Waals surface area contributed by atoms with E-state index < -0.39 is 18.4 Å². The molecular weight excluding hydrogens is 431 g/mol. The lowest BCUT2D eigenvalue weighted by Crippen LogP contribution is -2.52. The summed E-state index contributed by atoms with van der Waals surface area (Å²) in [6, 6.07) is 4.13. The molecule has 1 aromatic carbocycles. The molecule has 1 aromatic rings. The highest BCUT2D eigenvalue weighted by molar-refractivity contribution is 8.03. The van der Waals surface area contributed by atoms with Crippen molar-refractivity contribution in [3.63, 3.8) is 0 Å². The van der Waals surface area contributed by atoms with Crippen molar-refractivity contribution in [1.29, 1.82) is 0 Å². The van der Waals surface area contributed by atoms with Gasteiger partial charge in [0.25, 0.3) is 5.91 Å². The molecule has 3 N–H and O–H groups in total. The Bertz CT molecular complexity index is 843. The third-order valence-electron chi connectivity index (χ3n) is 4.28. The lowest BCUT2D eigenvalue weighted by atomic mass is 9.98. The number of thioether (sulfide) groups is 1. The number of rotatable bonds is 4. The van der Waals surface area contributed by atoms with Crippen LogP contribution in [0.5, 0.6) is 5.75 Å². The number of hydrogen-bond acceptors (Lipinski definition) is 6. The van der Waals surface area contributed by atoms with Gasteiger partial charge in [-0.15, -0.1) is 37.3 Å². The second kappa shape index (κ2) is 9.10. The van der Waals surface area contributed by atoms with Crippen LogP contribution in [0.4, 0.5) is 13.2 Å². The third-order valence-corrected chi connectivity index (χ3v) is 5.48. The Labute approximate surface area is 175 Å². The van der Waals surface area contributed by atoms with Crippen LogP contribution >= 0.6 is 24.2 Å². The van der Waals surface area contributed by atoms with Gasteiger partial charge in [0.05, 0.1) is 11.6 Å². The van der Waals surface area contributed by atoms with Crippen LogP contribution in [-0.4, -0.2) is 47.8 Å². The number of nitrogens with zero attached hydrogens (tertiary/aromatic N) is 1. The number of ether oxygens (including phenoxy) is 1. The Hall–Kier alpha value is -2.17. The number of alkyl halides is 3. The number of benzene rings is 1. The zero-order chi connectivity index (χ0) is 20.5. The number of Topliss-reactive ketones (excluding diaryl/α,β-unsaturated/α-hetero) is 1. The summed E-state index contributed by atoms with van der Waals surface area (Å²) in [6.07, 6.45) is -1.51. The Balaban J connectivity index is 0.00000300. The molecule has 2 aliphatic rings. The highest BCUT2D eigenvalue weighted by Gasteiger charge is 2.39. The molecule has 0 radical (unpaired) electrons. The number of likely N-dealkylation sites (N-methyl/N-ethyl adjacent to an activating group) is 1. The number of carbonyl (C=O) groups is 2. The summed E-state index contributed by atoms with van der Waals surface area (Å²) < 4.78 is 40.8. The quantitative estimate of drug-likeness (QED) is 0.734. The van der Waals surface area contributed by atoms with Gasteiger partial charge in [0.1, 0.15) is 11.8 Å². The number of amides is 1. The summed E-state index contributed by atoms with van der Waals surface area (Å²) in [4.78, 5) is 27.1. The molecule has 2 atom stereocenters. The number of ketones is 1. The topological polar surface area (TPSA) is 84.7 Å². The van der Waals surface area contributed by atoms with Crippen LogP contribution in [0.1, 0.15) is 5.56 Å². The van der Waals surface area contributed by atoms with E-state index in [0.717, 1.165) is 4.91 Å². The molecule has 1 saturated heterocycles. The van der Waals surface area contributed by atoms with Gasteiger partial charge in [-0.25, -0.2) is 0 Å². The van der Waals surface area contributed by atoms with Gasteiger partial charge in [-0.1, -0.05) is 12.1 Å². The molecule has 29 heavy (non-hydrogen) atoms. The van der Waals surface area contributed by atoms with Crippen molar-refractivity contribution in [2.24, 2.45) is 5.73 Å². The first-order valence-electron chi connectivity index (χ1n) is 8.36. The molecule has 3 rings (SSSR count). The number of carbonyl (C=O) groups excluding carboxylic acids is 2. The maximum atomic E-state index is 12.6. The van der Waals surface area contributed by atoms with Gasteiger partial charge in [0.2, 0.25) is 0 Å². The first-order valence-corrected chi connectivity index (χ1v) is 9.34. The average Bonchev–Trinajstić information content (AvgIpc) is 2.64. The van der Waals surface area contributed by atoms with Gasteiger partial charge in [-0.2, -0.15) is 0 Å². The Morgan fingerprint density at radius 2 is 2.00 bits per heavy atom. The lowest BCUT2D eigenvalue weighted by Gasteiger charge is -2.38. The van der Waals surface area contributed by atoms with E-state index in [1.54, 1.807) is 17.2 Å². The summed E-state index contributed by atoms with van der Waals surface area (Å²) in [6.45, 7) is 0.216. The number of nitrogens with two attached hydrogens (primary N) is 1. The molecule has 1 unspecified atom stereocenters. The van der Waals surface area contributed by atoms with Crippen LogP contribution in [0.3, 0.4) is 0 Å². The molecule has 1 fully saturated rings. The smallest absolute Gasteiger partial charge is 0.406 e. The molecule has 158 valence electrons. The molecule has 6 nitrogen and oxygen atoms in total. The summed E-state index contributed by atoms with van der Waals surface area (Å²) in [7, 11) is 1.51. The molecule has 2 aliphatic heterocycles.